The molecule has 0 atom stereocenters. The molecule has 0 radical (unpaired) electrons. The number of hydrogen-bond donors (Lipinski definition) is 1. The smallest absolute Gasteiger partial charge is 0.246 e. The maximum atomic E-state index is 12.4. The van der Waals surface area contributed by atoms with Crippen molar-refractivity contribution in [2.24, 2.45) is 0 Å². The lowest BCUT2D eigenvalue weighted by atomic mass is 10.3. The summed E-state index contributed by atoms with van der Waals surface area (Å²) in [4.78, 5) is 0.282. The topological polar surface area (TPSA) is 62.6 Å². The van der Waals surface area contributed by atoms with Gasteiger partial charge in [-0.05, 0) is 26.3 Å². The Morgan fingerprint density at radius 1 is 1.30 bits per heavy atom. The lowest BCUT2D eigenvalue weighted by Gasteiger charge is -2.15. The zero-order chi connectivity index (χ0) is 15.2. The number of rotatable bonds is 9. The van der Waals surface area contributed by atoms with Gasteiger partial charge in [0.2, 0.25) is 10.0 Å². The molecule has 0 saturated heterocycles. The zero-order valence-corrected chi connectivity index (χ0v) is 13.7. The Kier molecular flexibility index (Phi) is 6.71. The monoisotopic (exact) mass is 302 g/mol. The van der Waals surface area contributed by atoms with Crippen molar-refractivity contribution in [3.05, 3.63) is 17.6 Å². The molecule has 0 aliphatic carbocycles. The molecule has 0 aliphatic rings. The van der Waals surface area contributed by atoms with E-state index in [1.807, 2.05) is 6.92 Å². The molecular weight excluding hydrogens is 276 g/mol. The molecule has 6 heteroatoms. The fraction of sp³-hybridized carbons (Fsp3) is 0.714. The first-order valence-corrected chi connectivity index (χ1v) is 8.63. The van der Waals surface area contributed by atoms with E-state index in [4.69, 9.17) is 4.42 Å². The number of sulfonamides is 1. The first-order chi connectivity index (χ1) is 9.43. The van der Waals surface area contributed by atoms with Crippen LogP contribution in [0.1, 0.15) is 44.6 Å². The molecule has 0 spiro atoms. The molecule has 0 aliphatic heterocycles. The maximum absolute atomic E-state index is 12.4. The second kappa shape index (κ2) is 7.81. The highest BCUT2D eigenvalue weighted by molar-refractivity contribution is 7.89. The van der Waals surface area contributed by atoms with E-state index in [0.717, 1.165) is 25.8 Å². The summed E-state index contributed by atoms with van der Waals surface area (Å²) in [7, 11) is -1.82. The molecule has 1 heterocycles. The van der Waals surface area contributed by atoms with Crippen molar-refractivity contribution in [1.82, 2.24) is 9.62 Å². The minimum absolute atomic E-state index is 0.282. The van der Waals surface area contributed by atoms with Crippen LogP contribution in [0.2, 0.25) is 0 Å². The lowest BCUT2D eigenvalue weighted by molar-refractivity contribution is 0.445. The van der Waals surface area contributed by atoms with Gasteiger partial charge in [-0.2, -0.15) is 0 Å². The van der Waals surface area contributed by atoms with Crippen LogP contribution in [0.15, 0.2) is 15.4 Å². The Hall–Kier alpha value is -0.850. The molecule has 1 aromatic heterocycles. The molecule has 1 aromatic rings. The molecule has 1 N–H and O–H groups in total. The third kappa shape index (κ3) is 4.33. The second-order valence-electron chi connectivity index (χ2n) is 4.99. The fourth-order valence-corrected chi connectivity index (χ4v) is 3.32. The summed E-state index contributed by atoms with van der Waals surface area (Å²) >= 11 is 0. The average Bonchev–Trinajstić information content (AvgIpc) is 2.78. The number of nitrogens with one attached hydrogen (secondary N) is 1. The molecule has 0 bridgehead atoms. The van der Waals surface area contributed by atoms with Crippen LogP contribution in [0.5, 0.6) is 0 Å². The van der Waals surface area contributed by atoms with Gasteiger partial charge in [0.25, 0.3) is 0 Å². The van der Waals surface area contributed by atoms with Gasteiger partial charge in [0.15, 0.2) is 0 Å². The molecule has 1 rings (SSSR count). The highest BCUT2D eigenvalue weighted by Crippen LogP contribution is 2.23. The molecule has 0 unspecified atom stereocenters. The van der Waals surface area contributed by atoms with Crippen molar-refractivity contribution in [3.63, 3.8) is 0 Å². The van der Waals surface area contributed by atoms with Crippen molar-refractivity contribution in [3.8, 4) is 0 Å². The molecule has 5 nitrogen and oxygen atoms in total. The van der Waals surface area contributed by atoms with E-state index in [1.54, 1.807) is 20.0 Å². The molecule has 0 aromatic carbocycles. The quantitative estimate of drug-likeness (QED) is 0.712. The fourth-order valence-electron chi connectivity index (χ4n) is 1.92. The van der Waals surface area contributed by atoms with Crippen LogP contribution >= 0.6 is 0 Å². The molecule has 0 fully saturated rings. The first kappa shape index (κ1) is 17.2. The van der Waals surface area contributed by atoms with Gasteiger partial charge in [0, 0.05) is 19.7 Å². The largest absolute Gasteiger partial charge is 0.464 e. The van der Waals surface area contributed by atoms with E-state index in [2.05, 4.69) is 12.2 Å². The van der Waals surface area contributed by atoms with Crippen LogP contribution in [0.3, 0.4) is 0 Å². The van der Waals surface area contributed by atoms with Crippen LogP contribution < -0.4 is 5.32 Å². The summed E-state index contributed by atoms with van der Waals surface area (Å²) in [6.07, 6.45) is 2.86. The van der Waals surface area contributed by atoms with Crippen molar-refractivity contribution < 1.29 is 12.8 Å². The summed E-state index contributed by atoms with van der Waals surface area (Å²) in [5.74, 6) is 1.13. The Bertz CT molecular complexity index is 508. The van der Waals surface area contributed by atoms with Gasteiger partial charge in [-0.3, -0.25) is 0 Å². The van der Waals surface area contributed by atoms with E-state index in [1.165, 1.54) is 4.31 Å². The molecular formula is C14H26N2O3S. The average molecular weight is 302 g/mol. The van der Waals surface area contributed by atoms with E-state index in [9.17, 15) is 8.42 Å². The standard InChI is InChI=1S/C14H26N2O3S/c1-5-7-9-16(4)20(17,18)14-10-13(19-12(14)3)11-15-8-6-2/h10,15H,5-9,11H2,1-4H3. The summed E-state index contributed by atoms with van der Waals surface area (Å²) in [5, 5.41) is 3.20. The molecule has 0 saturated carbocycles. The third-order valence-corrected chi connectivity index (χ3v) is 5.13. The van der Waals surface area contributed by atoms with Crippen molar-refractivity contribution in [1.29, 1.82) is 0 Å². The highest BCUT2D eigenvalue weighted by Gasteiger charge is 2.25. The van der Waals surface area contributed by atoms with Gasteiger partial charge >= 0.3 is 0 Å². The summed E-state index contributed by atoms with van der Waals surface area (Å²) in [6.45, 7) is 7.80. The Labute approximate surface area is 122 Å². The SMILES string of the molecule is CCCCN(C)S(=O)(=O)c1cc(CNCCC)oc1C. The van der Waals surface area contributed by atoms with Crippen LogP contribution in [0.4, 0.5) is 0 Å². The van der Waals surface area contributed by atoms with Crippen LogP contribution in [0.25, 0.3) is 0 Å². The van der Waals surface area contributed by atoms with Crippen LogP contribution in [-0.2, 0) is 16.6 Å². The highest BCUT2D eigenvalue weighted by atomic mass is 32.2. The zero-order valence-electron chi connectivity index (χ0n) is 12.9. The van der Waals surface area contributed by atoms with Crippen molar-refractivity contribution in [2.75, 3.05) is 20.1 Å². The van der Waals surface area contributed by atoms with E-state index in [0.29, 0.717) is 24.6 Å². The van der Waals surface area contributed by atoms with Gasteiger partial charge in [-0.15, -0.1) is 0 Å². The second-order valence-corrected chi connectivity index (χ2v) is 7.00. The summed E-state index contributed by atoms with van der Waals surface area (Å²) in [6, 6.07) is 1.63. The van der Waals surface area contributed by atoms with Crippen LogP contribution in [-0.4, -0.2) is 32.9 Å². The van der Waals surface area contributed by atoms with E-state index in [-0.39, 0.29) is 4.90 Å². The maximum Gasteiger partial charge on any atom is 0.246 e. The number of unbranched alkanes of at least 4 members (excludes halogenated alkanes) is 1. The predicted molar refractivity (Wildman–Crippen MR) is 80.2 cm³/mol. The number of furan rings is 1. The molecule has 20 heavy (non-hydrogen) atoms. The first-order valence-electron chi connectivity index (χ1n) is 7.19. The van der Waals surface area contributed by atoms with Gasteiger partial charge in [-0.25, -0.2) is 12.7 Å². The Morgan fingerprint density at radius 2 is 2.00 bits per heavy atom. The Morgan fingerprint density at radius 3 is 2.60 bits per heavy atom. The normalized spacial score (nSPS) is 12.2. The molecule has 0 amide bonds. The summed E-state index contributed by atoms with van der Waals surface area (Å²) in [5.41, 5.74) is 0. The minimum atomic E-state index is -3.44. The van der Waals surface area contributed by atoms with Crippen molar-refractivity contribution >= 4 is 10.0 Å². The van der Waals surface area contributed by atoms with Gasteiger partial charge < -0.3 is 9.73 Å². The lowest BCUT2D eigenvalue weighted by Crippen LogP contribution is -2.28. The van der Waals surface area contributed by atoms with Crippen LogP contribution in [0, 0.1) is 6.92 Å². The third-order valence-electron chi connectivity index (χ3n) is 3.16. The van der Waals surface area contributed by atoms with E-state index >= 15 is 0 Å². The minimum Gasteiger partial charge on any atom is -0.464 e. The molecule has 116 valence electrons. The number of hydrogen-bond acceptors (Lipinski definition) is 4. The van der Waals surface area contributed by atoms with Gasteiger partial charge in [-0.1, -0.05) is 20.3 Å². The number of nitrogens with zero attached hydrogens (tertiary/aromatic N) is 1. The van der Waals surface area contributed by atoms with Gasteiger partial charge in [0.1, 0.15) is 16.4 Å². The Balaban J connectivity index is 2.84. The van der Waals surface area contributed by atoms with Crippen molar-refractivity contribution in [2.45, 2.75) is 51.5 Å². The van der Waals surface area contributed by atoms with Gasteiger partial charge in [0.05, 0.1) is 6.54 Å². The summed E-state index contributed by atoms with van der Waals surface area (Å²) < 4.78 is 31.8. The predicted octanol–water partition coefficient (Wildman–Crippen LogP) is 2.51. The van der Waals surface area contributed by atoms with E-state index < -0.39 is 10.0 Å². The number of aryl methyl sites for hydroxylation is 1.